The molecule has 1 aromatic carbocycles. The number of aromatic amines is 1. The maximum absolute atomic E-state index is 13.0. The van der Waals surface area contributed by atoms with Gasteiger partial charge in [0.15, 0.2) is 0 Å². The lowest BCUT2D eigenvalue weighted by atomic mass is 9.97. The van der Waals surface area contributed by atoms with Crippen LogP contribution in [0, 0.1) is 0 Å². The second kappa shape index (κ2) is 7.20. The molecular weight excluding hydrogens is 322 g/mol. The number of ether oxygens (including phenoxy) is 1. The van der Waals surface area contributed by atoms with Crippen LogP contribution in [0.4, 0.5) is 0 Å². The van der Waals surface area contributed by atoms with Crippen molar-refractivity contribution >= 4 is 5.91 Å². The molecule has 8 heteroatoms. The molecule has 3 rings (SSSR count). The van der Waals surface area contributed by atoms with Gasteiger partial charge in [-0.3, -0.25) is 9.78 Å². The largest absolute Gasteiger partial charge is 0.373 e. The molecule has 134 valence electrons. The summed E-state index contributed by atoms with van der Waals surface area (Å²) >= 11 is 0. The molecule has 2 atom stereocenters. The van der Waals surface area contributed by atoms with E-state index in [1.54, 1.807) is 4.90 Å². The lowest BCUT2D eigenvalue weighted by Gasteiger charge is -2.42. The highest BCUT2D eigenvalue weighted by molar-refractivity contribution is 5.90. The molecule has 0 bridgehead atoms. The highest BCUT2D eigenvalue weighted by Gasteiger charge is 2.38. The van der Waals surface area contributed by atoms with Crippen molar-refractivity contribution in [3.63, 3.8) is 0 Å². The normalized spacial score (nSPS) is 20.9. The van der Waals surface area contributed by atoms with Crippen molar-refractivity contribution in [2.24, 2.45) is 7.05 Å². The summed E-state index contributed by atoms with van der Waals surface area (Å²) in [5, 5.41) is 4.01. The number of aryl methyl sites for hydroxylation is 1. The molecule has 2 heterocycles. The predicted molar refractivity (Wildman–Crippen MR) is 92.3 cm³/mol. The Balaban J connectivity index is 1.96. The minimum atomic E-state index is -0.405. The van der Waals surface area contributed by atoms with Crippen LogP contribution in [0.5, 0.6) is 0 Å². The molecule has 1 aliphatic rings. The van der Waals surface area contributed by atoms with Crippen LogP contribution in [0.25, 0.3) is 0 Å². The van der Waals surface area contributed by atoms with E-state index in [0.717, 1.165) is 10.2 Å². The molecule has 0 aliphatic carbocycles. The molecule has 1 fully saturated rings. The first-order valence-electron chi connectivity index (χ1n) is 8.23. The Labute approximate surface area is 146 Å². The van der Waals surface area contributed by atoms with E-state index in [-0.39, 0.29) is 23.9 Å². The van der Waals surface area contributed by atoms with Gasteiger partial charge in [-0.2, -0.15) is 0 Å². The van der Waals surface area contributed by atoms with Crippen LogP contribution in [0.1, 0.15) is 22.2 Å². The summed E-state index contributed by atoms with van der Waals surface area (Å²) in [7, 11) is 5.46. The summed E-state index contributed by atoms with van der Waals surface area (Å²) in [6, 6.07) is 9.57. The van der Waals surface area contributed by atoms with Crippen LogP contribution in [-0.2, 0) is 11.8 Å². The molecule has 0 radical (unpaired) electrons. The van der Waals surface area contributed by atoms with Crippen LogP contribution in [0.3, 0.4) is 0 Å². The Morgan fingerprint density at radius 2 is 2.08 bits per heavy atom. The Morgan fingerprint density at radius 3 is 2.68 bits per heavy atom. The first-order chi connectivity index (χ1) is 12.0. The standard InChI is InChI=1S/C17H23N5O3/c1-20(2)11-13-14(12-7-5-4-6-8-12)22(9-10-25-13)16(23)15-18-17(24)21(3)19-15/h4-8,13-14H,9-11H2,1-3H3,(H,18,19,24)/t13-,14-/m0/s1. The van der Waals surface area contributed by atoms with E-state index in [4.69, 9.17) is 4.74 Å². The van der Waals surface area contributed by atoms with E-state index in [1.165, 1.54) is 7.05 Å². The maximum atomic E-state index is 13.0. The maximum Gasteiger partial charge on any atom is 0.343 e. The predicted octanol–water partition coefficient (Wildman–Crippen LogP) is 0.252. The third kappa shape index (κ3) is 3.64. The Hall–Kier alpha value is -2.45. The van der Waals surface area contributed by atoms with Gasteiger partial charge in [0.25, 0.3) is 5.91 Å². The van der Waals surface area contributed by atoms with E-state index < -0.39 is 5.69 Å². The number of morpholine rings is 1. The number of hydrogen-bond acceptors (Lipinski definition) is 5. The zero-order valence-electron chi connectivity index (χ0n) is 14.7. The minimum Gasteiger partial charge on any atom is -0.373 e. The summed E-state index contributed by atoms with van der Waals surface area (Å²) in [5.41, 5.74) is 0.596. The van der Waals surface area contributed by atoms with Crippen molar-refractivity contribution in [1.82, 2.24) is 24.6 Å². The Bertz CT molecular complexity index is 783. The van der Waals surface area contributed by atoms with Gasteiger partial charge in [-0.05, 0) is 19.7 Å². The number of nitrogens with one attached hydrogen (secondary N) is 1. The molecule has 0 unspecified atom stereocenters. The number of carbonyl (C=O) groups is 1. The van der Waals surface area contributed by atoms with Gasteiger partial charge in [0.2, 0.25) is 5.82 Å². The van der Waals surface area contributed by atoms with E-state index in [0.29, 0.717) is 19.7 Å². The molecule has 1 amide bonds. The molecule has 25 heavy (non-hydrogen) atoms. The van der Waals surface area contributed by atoms with Gasteiger partial charge in [-0.1, -0.05) is 30.3 Å². The summed E-state index contributed by atoms with van der Waals surface area (Å²) in [5.74, 6) is -0.238. The lowest BCUT2D eigenvalue weighted by molar-refractivity contribution is -0.0687. The van der Waals surface area contributed by atoms with Crippen molar-refractivity contribution in [2.45, 2.75) is 12.1 Å². The summed E-state index contributed by atoms with van der Waals surface area (Å²) in [4.78, 5) is 30.9. The molecule has 1 aliphatic heterocycles. The van der Waals surface area contributed by atoms with Crippen molar-refractivity contribution < 1.29 is 9.53 Å². The number of aromatic nitrogens is 3. The molecule has 0 spiro atoms. The van der Waals surface area contributed by atoms with Crippen LogP contribution in [0.2, 0.25) is 0 Å². The zero-order chi connectivity index (χ0) is 18.0. The van der Waals surface area contributed by atoms with Crippen LogP contribution in [0.15, 0.2) is 35.1 Å². The second-order valence-electron chi connectivity index (χ2n) is 6.43. The van der Waals surface area contributed by atoms with E-state index in [1.807, 2.05) is 49.3 Å². The van der Waals surface area contributed by atoms with Gasteiger partial charge in [-0.15, -0.1) is 5.10 Å². The fraction of sp³-hybridized carbons (Fsp3) is 0.471. The van der Waals surface area contributed by atoms with Crippen LogP contribution >= 0.6 is 0 Å². The Morgan fingerprint density at radius 1 is 1.36 bits per heavy atom. The van der Waals surface area contributed by atoms with E-state index >= 15 is 0 Å². The fourth-order valence-electron chi connectivity index (χ4n) is 3.15. The lowest BCUT2D eigenvalue weighted by Crippen LogP contribution is -2.51. The SMILES string of the molecule is CN(C)C[C@@H]1OCCN(C(=O)c2nn(C)c(=O)[nH]2)[C@H]1c1ccccc1. The first-order valence-corrected chi connectivity index (χ1v) is 8.23. The van der Waals surface area contributed by atoms with Crippen molar-refractivity contribution in [3.05, 3.63) is 52.2 Å². The highest BCUT2D eigenvalue weighted by Crippen LogP contribution is 2.30. The summed E-state index contributed by atoms with van der Waals surface area (Å²) < 4.78 is 7.10. The smallest absolute Gasteiger partial charge is 0.343 e. The van der Waals surface area contributed by atoms with Gasteiger partial charge in [0.1, 0.15) is 0 Å². The average molecular weight is 345 g/mol. The molecule has 8 nitrogen and oxygen atoms in total. The van der Waals surface area contributed by atoms with Gasteiger partial charge in [0.05, 0.1) is 18.8 Å². The number of nitrogens with zero attached hydrogens (tertiary/aromatic N) is 4. The zero-order valence-corrected chi connectivity index (χ0v) is 14.7. The average Bonchev–Trinajstić information content (AvgIpc) is 2.93. The fourth-order valence-corrected chi connectivity index (χ4v) is 3.15. The number of amides is 1. The first kappa shape index (κ1) is 17.4. The number of benzene rings is 1. The number of likely N-dealkylation sites (N-methyl/N-ethyl adjacent to an activating group) is 1. The summed E-state index contributed by atoms with van der Waals surface area (Å²) in [6.07, 6.45) is -0.162. The second-order valence-corrected chi connectivity index (χ2v) is 6.43. The molecular formula is C17H23N5O3. The molecule has 0 saturated carbocycles. The van der Waals surface area contributed by atoms with E-state index in [2.05, 4.69) is 10.1 Å². The number of H-pyrrole nitrogens is 1. The van der Waals surface area contributed by atoms with Crippen molar-refractivity contribution in [3.8, 4) is 0 Å². The van der Waals surface area contributed by atoms with Crippen LogP contribution < -0.4 is 5.69 Å². The third-order valence-electron chi connectivity index (χ3n) is 4.27. The number of hydrogen-bond donors (Lipinski definition) is 1. The molecule has 1 saturated heterocycles. The van der Waals surface area contributed by atoms with Crippen molar-refractivity contribution in [1.29, 1.82) is 0 Å². The topological polar surface area (TPSA) is 83.5 Å². The van der Waals surface area contributed by atoms with Crippen LogP contribution in [-0.4, -0.2) is 70.4 Å². The molecule has 1 aromatic heterocycles. The number of rotatable bonds is 4. The van der Waals surface area contributed by atoms with E-state index in [9.17, 15) is 9.59 Å². The number of carbonyl (C=O) groups excluding carboxylic acids is 1. The van der Waals surface area contributed by atoms with Crippen molar-refractivity contribution in [2.75, 3.05) is 33.8 Å². The van der Waals surface area contributed by atoms with Gasteiger partial charge in [-0.25, -0.2) is 9.48 Å². The summed E-state index contributed by atoms with van der Waals surface area (Å²) in [6.45, 7) is 1.58. The quantitative estimate of drug-likeness (QED) is 0.859. The molecule has 1 N–H and O–H groups in total. The Kier molecular flexibility index (Phi) is 5.00. The third-order valence-corrected chi connectivity index (χ3v) is 4.27. The minimum absolute atomic E-state index is 0.0546. The highest BCUT2D eigenvalue weighted by atomic mass is 16.5. The van der Waals surface area contributed by atoms with Gasteiger partial charge >= 0.3 is 5.69 Å². The monoisotopic (exact) mass is 345 g/mol. The van der Waals surface area contributed by atoms with Gasteiger partial charge < -0.3 is 14.5 Å². The molecule has 2 aromatic rings. The van der Waals surface area contributed by atoms with Gasteiger partial charge in [0, 0.05) is 20.1 Å².